The first-order valence-electron chi connectivity index (χ1n) is 11.0. The SMILES string of the molecule is O=C(NCc1ccccc1F)c1cccc(NC(=O)N2CCC(Oc3ccccc3)CC2)c1. The summed E-state index contributed by atoms with van der Waals surface area (Å²) >= 11 is 0. The van der Waals surface area contributed by atoms with Crippen molar-refractivity contribution in [1.29, 1.82) is 0 Å². The number of carbonyl (C=O) groups is 2. The quantitative estimate of drug-likeness (QED) is 0.569. The Balaban J connectivity index is 1.28. The topological polar surface area (TPSA) is 70.7 Å². The van der Waals surface area contributed by atoms with E-state index in [1.54, 1.807) is 47.4 Å². The molecule has 33 heavy (non-hydrogen) atoms. The molecular weight excluding hydrogens is 421 g/mol. The highest BCUT2D eigenvalue weighted by Crippen LogP contribution is 2.20. The van der Waals surface area contributed by atoms with E-state index in [2.05, 4.69) is 10.6 Å². The molecule has 170 valence electrons. The molecule has 7 heteroatoms. The van der Waals surface area contributed by atoms with E-state index in [4.69, 9.17) is 4.74 Å². The number of para-hydroxylation sites is 1. The third-order valence-corrected chi connectivity index (χ3v) is 5.55. The minimum atomic E-state index is -0.364. The maximum absolute atomic E-state index is 13.7. The minimum Gasteiger partial charge on any atom is -0.490 e. The summed E-state index contributed by atoms with van der Waals surface area (Å²) in [5, 5.41) is 5.57. The van der Waals surface area contributed by atoms with Crippen molar-refractivity contribution in [3.63, 3.8) is 0 Å². The highest BCUT2D eigenvalue weighted by atomic mass is 19.1. The Hall–Kier alpha value is -3.87. The van der Waals surface area contributed by atoms with Crippen LogP contribution in [0, 0.1) is 5.82 Å². The zero-order chi connectivity index (χ0) is 23.0. The van der Waals surface area contributed by atoms with Gasteiger partial charge in [0.2, 0.25) is 0 Å². The number of carbonyl (C=O) groups excluding carboxylic acids is 2. The molecule has 1 fully saturated rings. The Morgan fingerprint density at radius 1 is 0.939 bits per heavy atom. The first kappa shape index (κ1) is 22.3. The maximum atomic E-state index is 13.7. The fourth-order valence-corrected chi connectivity index (χ4v) is 3.73. The molecule has 0 unspecified atom stereocenters. The smallest absolute Gasteiger partial charge is 0.321 e. The summed E-state index contributed by atoms with van der Waals surface area (Å²) in [7, 11) is 0. The molecule has 1 saturated heterocycles. The average Bonchev–Trinajstić information content (AvgIpc) is 2.84. The van der Waals surface area contributed by atoms with Crippen LogP contribution >= 0.6 is 0 Å². The largest absolute Gasteiger partial charge is 0.490 e. The van der Waals surface area contributed by atoms with Gasteiger partial charge in [-0.3, -0.25) is 4.79 Å². The summed E-state index contributed by atoms with van der Waals surface area (Å²) < 4.78 is 19.7. The number of benzene rings is 3. The van der Waals surface area contributed by atoms with Crippen molar-refractivity contribution in [1.82, 2.24) is 10.2 Å². The lowest BCUT2D eigenvalue weighted by atomic mass is 10.1. The molecule has 0 radical (unpaired) electrons. The monoisotopic (exact) mass is 447 g/mol. The predicted molar refractivity (Wildman–Crippen MR) is 125 cm³/mol. The van der Waals surface area contributed by atoms with Crippen LogP contribution in [0.4, 0.5) is 14.9 Å². The van der Waals surface area contributed by atoms with Crippen LogP contribution in [0.25, 0.3) is 0 Å². The number of amides is 3. The van der Waals surface area contributed by atoms with Gasteiger partial charge >= 0.3 is 6.03 Å². The first-order chi connectivity index (χ1) is 16.1. The molecular formula is C26H26FN3O3. The standard InChI is InChI=1S/C26H26FN3O3/c27-24-12-5-4-7-20(24)18-28-25(31)19-8-6-9-21(17-19)29-26(32)30-15-13-23(14-16-30)33-22-10-2-1-3-11-22/h1-12,17,23H,13-16,18H2,(H,28,31)(H,29,32). The summed E-state index contributed by atoms with van der Waals surface area (Å²) in [5.41, 5.74) is 1.33. The van der Waals surface area contributed by atoms with Gasteiger partial charge in [-0.25, -0.2) is 9.18 Å². The maximum Gasteiger partial charge on any atom is 0.321 e. The van der Waals surface area contributed by atoms with Crippen molar-refractivity contribution in [3.8, 4) is 5.75 Å². The van der Waals surface area contributed by atoms with Gasteiger partial charge in [0.25, 0.3) is 5.91 Å². The summed E-state index contributed by atoms with van der Waals surface area (Å²) in [5.74, 6) is 0.135. The third-order valence-electron chi connectivity index (χ3n) is 5.55. The van der Waals surface area contributed by atoms with Crippen molar-refractivity contribution in [2.75, 3.05) is 18.4 Å². The highest BCUT2D eigenvalue weighted by Gasteiger charge is 2.24. The molecule has 1 heterocycles. The molecule has 0 aliphatic carbocycles. The lowest BCUT2D eigenvalue weighted by molar-refractivity contribution is 0.0950. The van der Waals surface area contributed by atoms with Crippen LogP contribution < -0.4 is 15.4 Å². The molecule has 0 atom stereocenters. The molecule has 3 amide bonds. The van der Waals surface area contributed by atoms with E-state index in [1.807, 2.05) is 30.3 Å². The molecule has 1 aliphatic heterocycles. The molecule has 2 N–H and O–H groups in total. The van der Waals surface area contributed by atoms with E-state index in [0.29, 0.717) is 29.9 Å². The zero-order valence-corrected chi connectivity index (χ0v) is 18.2. The lowest BCUT2D eigenvalue weighted by Gasteiger charge is -2.32. The lowest BCUT2D eigenvalue weighted by Crippen LogP contribution is -2.43. The molecule has 0 aromatic heterocycles. The summed E-state index contributed by atoms with van der Waals surface area (Å²) in [6.45, 7) is 1.26. The fraction of sp³-hybridized carbons (Fsp3) is 0.231. The number of nitrogens with zero attached hydrogens (tertiary/aromatic N) is 1. The second-order valence-electron chi connectivity index (χ2n) is 7.90. The summed E-state index contributed by atoms with van der Waals surface area (Å²) in [4.78, 5) is 26.9. The molecule has 6 nitrogen and oxygen atoms in total. The fourth-order valence-electron chi connectivity index (χ4n) is 3.73. The first-order valence-corrected chi connectivity index (χ1v) is 11.0. The number of piperidine rings is 1. The molecule has 0 bridgehead atoms. The summed E-state index contributed by atoms with van der Waals surface area (Å²) in [6.07, 6.45) is 1.58. The molecule has 3 aromatic rings. The number of rotatable bonds is 6. The van der Waals surface area contributed by atoms with Crippen LogP contribution in [-0.2, 0) is 6.54 Å². The van der Waals surface area contributed by atoms with Gasteiger partial charge in [-0.2, -0.15) is 0 Å². The molecule has 0 saturated carbocycles. The Morgan fingerprint density at radius 2 is 1.67 bits per heavy atom. The van der Waals surface area contributed by atoms with Crippen molar-refractivity contribution in [2.45, 2.75) is 25.5 Å². The second-order valence-corrected chi connectivity index (χ2v) is 7.90. The highest BCUT2D eigenvalue weighted by molar-refractivity contribution is 5.96. The van der Waals surface area contributed by atoms with Crippen LogP contribution in [0.15, 0.2) is 78.9 Å². The van der Waals surface area contributed by atoms with Gasteiger partial charge in [0.05, 0.1) is 0 Å². The number of hydrogen-bond acceptors (Lipinski definition) is 3. The van der Waals surface area contributed by atoms with Crippen LogP contribution in [-0.4, -0.2) is 36.0 Å². The van der Waals surface area contributed by atoms with Gasteiger partial charge in [-0.1, -0.05) is 42.5 Å². The third kappa shape index (κ3) is 6.10. The van der Waals surface area contributed by atoms with Crippen LogP contribution in [0.1, 0.15) is 28.8 Å². The van der Waals surface area contributed by atoms with Gasteiger partial charge in [-0.05, 0) is 36.4 Å². The molecule has 0 spiro atoms. The van der Waals surface area contributed by atoms with Gasteiger partial charge in [-0.15, -0.1) is 0 Å². The zero-order valence-electron chi connectivity index (χ0n) is 18.2. The van der Waals surface area contributed by atoms with Gasteiger partial charge in [0, 0.05) is 49.3 Å². The predicted octanol–water partition coefficient (Wildman–Crippen LogP) is 4.83. The number of urea groups is 1. The van der Waals surface area contributed by atoms with Crippen molar-refractivity contribution in [3.05, 3.63) is 95.8 Å². The number of ether oxygens (including phenoxy) is 1. The van der Waals surface area contributed by atoms with Crippen LogP contribution in [0.2, 0.25) is 0 Å². The molecule has 3 aromatic carbocycles. The van der Waals surface area contributed by atoms with Crippen molar-refractivity contribution >= 4 is 17.6 Å². The number of likely N-dealkylation sites (tertiary alicyclic amines) is 1. The van der Waals surface area contributed by atoms with Gasteiger partial charge in [0.1, 0.15) is 17.7 Å². The van der Waals surface area contributed by atoms with E-state index in [9.17, 15) is 14.0 Å². The molecule has 1 aliphatic rings. The Morgan fingerprint density at radius 3 is 2.42 bits per heavy atom. The number of halogens is 1. The van der Waals surface area contributed by atoms with Crippen molar-refractivity contribution in [2.24, 2.45) is 0 Å². The van der Waals surface area contributed by atoms with Gasteiger partial charge in [0.15, 0.2) is 0 Å². The number of anilines is 1. The minimum absolute atomic E-state index is 0.0814. The Kier molecular flexibility index (Phi) is 7.19. The Bertz CT molecular complexity index is 1100. The van der Waals surface area contributed by atoms with E-state index in [-0.39, 0.29) is 30.4 Å². The Labute approximate surface area is 192 Å². The summed E-state index contributed by atoms with van der Waals surface area (Å²) in [6, 6.07) is 22.5. The van der Waals surface area contributed by atoms with Crippen LogP contribution in [0.3, 0.4) is 0 Å². The number of hydrogen-bond donors (Lipinski definition) is 2. The van der Waals surface area contributed by atoms with Gasteiger partial charge < -0.3 is 20.3 Å². The average molecular weight is 448 g/mol. The van der Waals surface area contributed by atoms with E-state index in [0.717, 1.165) is 18.6 Å². The van der Waals surface area contributed by atoms with Crippen molar-refractivity contribution < 1.29 is 18.7 Å². The normalized spacial score (nSPS) is 13.9. The van der Waals surface area contributed by atoms with Crippen LogP contribution in [0.5, 0.6) is 5.75 Å². The molecule has 4 rings (SSSR count). The second kappa shape index (κ2) is 10.6. The van der Waals surface area contributed by atoms with E-state index >= 15 is 0 Å². The number of nitrogens with one attached hydrogen (secondary N) is 2. The van der Waals surface area contributed by atoms with E-state index in [1.165, 1.54) is 6.07 Å². The van der Waals surface area contributed by atoms with E-state index < -0.39 is 0 Å².